The molecule has 0 saturated carbocycles. The first-order valence-corrected chi connectivity index (χ1v) is 12.5. The highest BCUT2D eigenvalue weighted by atomic mass is 19.4. The molecule has 1 aliphatic heterocycles. The third-order valence-electron chi connectivity index (χ3n) is 6.51. The lowest BCUT2D eigenvalue weighted by molar-refractivity contribution is -0.154. The number of nitrogens with zero attached hydrogens (tertiary/aromatic N) is 1. The van der Waals surface area contributed by atoms with Gasteiger partial charge in [-0.3, -0.25) is 24.1 Å². The van der Waals surface area contributed by atoms with Gasteiger partial charge in [0.1, 0.15) is 17.1 Å². The molecule has 0 radical (unpaired) electrons. The number of hydrogen-bond donors (Lipinski definition) is 0. The predicted octanol–water partition coefficient (Wildman–Crippen LogP) is 6.20. The van der Waals surface area contributed by atoms with Gasteiger partial charge in [0.25, 0.3) is 17.6 Å². The Hall–Kier alpha value is -4.93. The maximum absolute atomic E-state index is 13.9. The van der Waals surface area contributed by atoms with E-state index in [9.17, 15) is 32.3 Å². The number of imide groups is 1. The predicted molar refractivity (Wildman–Crippen MR) is 140 cm³/mol. The fraction of sp³-hybridized carbons (Fsp3) is 0.200. The Morgan fingerprint density at radius 2 is 1.61 bits per heavy atom. The van der Waals surface area contributed by atoms with Crippen molar-refractivity contribution in [1.82, 2.24) is 4.90 Å². The van der Waals surface area contributed by atoms with Crippen molar-refractivity contribution < 1.29 is 41.4 Å². The second-order valence-corrected chi connectivity index (χ2v) is 9.50. The van der Waals surface area contributed by atoms with E-state index in [1.807, 2.05) is 0 Å². The highest BCUT2D eigenvalue weighted by Crippen LogP contribution is 2.39. The number of aryl methyl sites for hydroxylation is 2. The minimum Gasteiger partial charge on any atom is -0.449 e. The lowest BCUT2D eigenvalue weighted by Crippen LogP contribution is -2.31. The molecular weight excluding hydrogens is 543 g/mol. The van der Waals surface area contributed by atoms with Gasteiger partial charge in [0.05, 0.1) is 16.5 Å². The number of halogens is 3. The summed E-state index contributed by atoms with van der Waals surface area (Å²) in [6.45, 7) is 3.34. The monoisotopic (exact) mass is 565 g/mol. The van der Waals surface area contributed by atoms with Gasteiger partial charge < -0.3 is 13.9 Å². The van der Waals surface area contributed by atoms with Gasteiger partial charge in [0, 0.05) is 19.0 Å². The van der Waals surface area contributed by atoms with E-state index in [0.29, 0.717) is 16.7 Å². The first-order valence-electron chi connectivity index (χ1n) is 12.5. The molecule has 210 valence electrons. The van der Waals surface area contributed by atoms with Crippen LogP contribution in [0.4, 0.5) is 13.2 Å². The fourth-order valence-electron chi connectivity index (χ4n) is 4.43. The number of fused-ring (bicyclic) bond motifs is 2. The number of hydrogen-bond acceptors (Lipinski definition) is 7. The molecule has 0 fully saturated rings. The highest BCUT2D eigenvalue weighted by molar-refractivity contribution is 6.21. The summed E-state index contributed by atoms with van der Waals surface area (Å²) in [5.74, 6) is -4.36. The van der Waals surface area contributed by atoms with Gasteiger partial charge in [-0.05, 0) is 61.7 Å². The summed E-state index contributed by atoms with van der Waals surface area (Å²) >= 11 is 0. The van der Waals surface area contributed by atoms with Crippen LogP contribution >= 0.6 is 0 Å². The fourth-order valence-corrected chi connectivity index (χ4v) is 4.43. The van der Waals surface area contributed by atoms with Crippen LogP contribution in [-0.2, 0) is 11.0 Å². The summed E-state index contributed by atoms with van der Waals surface area (Å²) in [7, 11) is 0. The molecule has 0 aliphatic carbocycles. The van der Waals surface area contributed by atoms with Crippen LogP contribution in [0.5, 0.6) is 17.2 Å². The zero-order valence-electron chi connectivity index (χ0n) is 21.8. The molecule has 2 amide bonds. The van der Waals surface area contributed by atoms with Crippen molar-refractivity contribution in [2.45, 2.75) is 32.9 Å². The molecule has 1 aromatic heterocycles. The van der Waals surface area contributed by atoms with E-state index < -0.39 is 46.5 Å². The second kappa shape index (κ2) is 10.6. The Balaban J connectivity index is 1.32. The zero-order valence-corrected chi connectivity index (χ0v) is 21.8. The Morgan fingerprint density at radius 1 is 0.927 bits per heavy atom. The Bertz CT molecular complexity index is 1740. The molecule has 4 aromatic rings. The smallest absolute Gasteiger partial charge is 0.449 e. The topological polar surface area (TPSA) is 103 Å². The van der Waals surface area contributed by atoms with Gasteiger partial charge in [-0.15, -0.1) is 0 Å². The first kappa shape index (κ1) is 27.6. The maximum atomic E-state index is 13.9. The van der Waals surface area contributed by atoms with E-state index in [1.165, 1.54) is 18.2 Å². The van der Waals surface area contributed by atoms with E-state index in [2.05, 4.69) is 0 Å². The van der Waals surface area contributed by atoms with Gasteiger partial charge in [-0.25, -0.2) is 0 Å². The number of alkyl halides is 3. The quantitative estimate of drug-likeness (QED) is 0.149. The summed E-state index contributed by atoms with van der Waals surface area (Å²) in [6.07, 6.45) is -5.15. The van der Waals surface area contributed by atoms with Crippen LogP contribution in [0.3, 0.4) is 0 Å². The molecule has 41 heavy (non-hydrogen) atoms. The molecule has 0 N–H and O–H groups in total. The number of carbonyl (C=O) groups is 3. The van der Waals surface area contributed by atoms with Crippen LogP contribution in [0.1, 0.15) is 50.4 Å². The molecule has 8 nitrogen and oxygen atoms in total. The molecule has 0 spiro atoms. The van der Waals surface area contributed by atoms with Crippen LogP contribution in [-0.4, -0.2) is 29.2 Å². The van der Waals surface area contributed by atoms with Gasteiger partial charge in [-0.1, -0.05) is 24.3 Å². The third kappa shape index (κ3) is 5.43. The van der Waals surface area contributed by atoms with Gasteiger partial charge in [0.15, 0.2) is 0 Å². The normalized spacial score (nSPS) is 13.0. The number of benzene rings is 3. The number of rotatable bonds is 7. The van der Waals surface area contributed by atoms with Crippen molar-refractivity contribution in [2.75, 3.05) is 6.54 Å². The SMILES string of the molecule is Cc1ccc(C)c(Oc2c(C(F)(F)F)oc3cc(OC(=O)CCCN4C(=O)c5ccccc5C4=O)ccc3c2=O)c1. The number of ether oxygens (including phenoxy) is 2. The standard InChI is InChI=1S/C30H22F3NO7/c1-16-9-10-17(2)22(14-16)40-26-25(36)21-12-11-18(15-23(21)41-27(26)30(31,32)33)39-24(35)8-5-13-34-28(37)19-6-3-4-7-20(19)29(34)38/h3-4,6-7,9-12,14-15H,5,8,13H2,1-2H3. The van der Waals surface area contributed by atoms with Crippen molar-refractivity contribution in [3.05, 3.63) is 98.9 Å². The number of carbonyl (C=O) groups excluding carboxylic acids is 3. The number of esters is 1. The van der Waals surface area contributed by atoms with E-state index in [1.54, 1.807) is 50.2 Å². The van der Waals surface area contributed by atoms with Gasteiger partial charge >= 0.3 is 12.1 Å². The van der Waals surface area contributed by atoms with Gasteiger partial charge in [-0.2, -0.15) is 13.2 Å². The van der Waals surface area contributed by atoms with Crippen LogP contribution in [0, 0.1) is 13.8 Å². The average Bonchev–Trinajstić information content (AvgIpc) is 3.16. The van der Waals surface area contributed by atoms with Crippen LogP contribution in [0.2, 0.25) is 0 Å². The zero-order chi connectivity index (χ0) is 29.5. The summed E-state index contributed by atoms with van der Waals surface area (Å²) in [6, 6.07) is 14.7. The molecule has 3 aromatic carbocycles. The summed E-state index contributed by atoms with van der Waals surface area (Å²) < 4.78 is 57.5. The van der Waals surface area contributed by atoms with Crippen molar-refractivity contribution in [1.29, 1.82) is 0 Å². The van der Waals surface area contributed by atoms with Crippen LogP contribution < -0.4 is 14.9 Å². The van der Waals surface area contributed by atoms with Crippen molar-refractivity contribution in [3.8, 4) is 17.2 Å². The molecule has 0 unspecified atom stereocenters. The molecule has 1 aliphatic rings. The lowest BCUT2D eigenvalue weighted by atomic mass is 10.1. The molecule has 0 bridgehead atoms. The van der Waals surface area contributed by atoms with Gasteiger partial charge in [0.2, 0.25) is 11.2 Å². The van der Waals surface area contributed by atoms with Crippen molar-refractivity contribution in [3.63, 3.8) is 0 Å². The van der Waals surface area contributed by atoms with Crippen LogP contribution in [0.15, 0.2) is 69.9 Å². The summed E-state index contributed by atoms with van der Waals surface area (Å²) in [4.78, 5) is 51.4. The van der Waals surface area contributed by atoms with Crippen molar-refractivity contribution in [2.24, 2.45) is 0 Å². The minimum atomic E-state index is -5.06. The van der Waals surface area contributed by atoms with E-state index in [4.69, 9.17) is 13.9 Å². The Morgan fingerprint density at radius 3 is 2.27 bits per heavy atom. The van der Waals surface area contributed by atoms with E-state index >= 15 is 0 Å². The highest BCUT2D eigenvalue weighted by Gasteiger charge is 2.41. The molecular formula is C30H22F3NO7. The molecule has 0 atom stereocenters. The molecule has 2 heterocycles. The average molecular weight is 566 g/mol. The summed E-state index contributed by atoms with van der Waals surface area (Å²) in [5, 5.41) is -0.205. The third-order valence-corrected chi connectivity index (χ3v) is 6.51. The van der Waals surface area contributed by atoms with Crippen molar-refractivity contribution >= 4 is 28.8 Å². The maximum Gasteiger partial charge on any atom is 0.453 e. The Labute approximate surface area is 230 Å². The lowest BCUT2D eigenvalue weighted by Gasteiger charge is -2.15. The summed E-state index contributed by atoms with van der Waals surface area (Å²) in [5.41, 5.74) is 0.329. The molecule has 0 saturated heterocycles. The number of amides is 2. The Kier molecular flexibility index (Phi) is 7.12. The molecule has 11 heteroatoms. The van der Waals surface area contributed by atoms with Crippen LogP contribution in [0.25, 0.3) is 11.0 Å². The van der Waals surface area contributed by atoms with E-state index in [-0.39, 0.29) is 36.3 Å². The van der Waals surface area contributed by atoms with E-state index in [0.717, 1.165) is 16.5 Å². The largest absolute Gasteiger partial charge is 0.453 e. The first-order chi connectivity index (χ1) is 19.4. The second-order valence-electron chi connectivity index (χ2n) is 9.50. The molecule has 5 rings (SSSR count). The minimum absolute atomic E-state index is 0.0217.